The topological polar surface area (TPSA) is 80.9 Å². The molecule has 1 aromatic carbocycles. The van der Waals surface area contributed by atoms with Crippen molar-refractivity contribution in [3.05, 3.63) is 76.9 Å². The average Bonchev–Trinajstić information content (AvgIpc) is 3.06. The Kier molecular flexibility index (Phi) is 7.36. The summed E-state index contributed by atoms with van der Waals surface area (Å²) in [5.74, 6) is 1.61. The average molecular weight is 451 g/mol. The Balaban J connectivity index is 1.51. The van der Waals surface area contributed by atoms with Gasteiger partial charge in [0.05, 0.1) is 32.1 Å². The molecule has 1 aliphatic rings. The summed E-state index contributed by atoms with van der Waals surface area (Å²) in [6.45, 7) is 6.80. The summed E-state index contributed by atoms with van der Waals surface area (Å²) in [6.07, 6.45) is 3.43. The van der Waals surface area contributed by atoms with Crippen molar-refractivity contribution in [1.29, 1.82) is 0 Å². The molecule has 1 saturated heterocycles. The molecule has 0 N–H and O–H groups in total. The maximum atomic E-state index is 13.2. The van der Waals surface area contributed by atoms with Crippen LogP contribution in [-0.4, -0.2) is 58.7 Å². The summed E-state index contributed by atoms with van der Waals surface area (Å²) in [5.41, 5.74) is 3.88. The van der Waals surface area contributed by atoms with Crippen molar-refractivity contribution in [3.63, 3.8) is 0 Å². The lowest BCUT2D eigenvalue weighted by atomic mass is 10.2. The van der Waals surface area contributed by atoms with E-state index in [-0.39, 0.29) is 12.0 Å². The smallest absolute Gasteiger partial charge is 0.237 e. The molecule has 174 valence electrons. The van der Waals surface area contributed by atoms with E-state index in [4.69, 9.17) is 14.0 Å². The van der Waals surface area contributed by atoms with Crippen LogP contribution >= 0.6 is 0 Å². The summed E-state index contributed by atoms with van der Waals surface area (Å²) in [5, 5.41) is 4.02. The minimum Gasteiger partial charge on any atom is -0.497 e. The van der Waals surface area contributed by atoms with E-state index in [9.17, 15) is 4.79 Å². The standard InChI is InChI=1S/C25H30N4O4/c1-18-24(19(2)33-27-18)17-32-23-14-28(12-21-7-5-9-26-11-21)16-25(30)29(15-23)13-20-6-4-8-22(10-20)31-3/h4-11,23H,12-17H2,1-3H3. The normalized spacial score (nSPS) is 17.2. The van der Waals surface area contributed by atoms with Crippen molar-refractivity contribution in [2.75, 3.05) is 26.7 Å². The number of pyridine rings is 1. The molecule has 1 fully saturated rings. The third-order valence-electron chi connectivity index (χ3n) is 5.88. The first kappa shape index (κ1) is 22.9. The lowest BCUT2D eigenvalue weighted by Gasteiger charge is -2.25. The summed E-state index contributed by atoms with van der Waals surface area (Å²) in [6, 6.07) is 11.8. The fourth-order valence-electron chi connectivity index (χ4n) is 4.08. The van der Waals surface area contributed by atoms with Crippen molar-refractivity contribution in [1.82, 2.24) is 19.9 Å². The summed E-state index contributed by atoms with van der Waals surface area (Å²) >= 11 is 0. The molecule has 33 heavy (non-hydrogen) atoms. The molecule has 8 nitrogen and oxygen atoms in total. The van der Waals surface area contributed by atoms with E-state index in [1.54, 1.807) is 13.3 Å². The number of hydrogen-bond donors (Lipinski definition) is 0. The number of nitrogens with zero attached hydrogens (tertiary/aromatic N) is 4. The van der Waals surface area contributed by atoms with Crippen molar-refractivity contribution in [3.8, 4) is 5.75 Å². The molecule has 1 unspecified atom stereocenters. The van der Waals surface area contributed by atoms with Crippen molar-refractivity contribution < 1.29 is 18.8 Å². The van der Waals surface area contributed by atoms with Crippen LogP contribution in [0.3, 0.4) is 0 Å². The van der Waals surface area contributed by atoms with Gasteiger partial charge in [-0.25, -0.2) is 0 Å². The quantitative estimate of drug-likeness (QED) is 0.522. The molecule has 1 amide bonds. The van der Waals surface area contributed by atoms with Crippen LogP contribution in [0.2, 0.25) is 0 Å². The highest BCUT2D eigenvalue weighted by Gasteiger charge is 2.29. The van der Waals surface area contributed by atoms with Gasteiger partial charge in [-0.3, -0.25) is 14.7 Å². The molecular formula is C25H30N4O4. The van der Waals surface area contributed by atoms with E-state index in [1.807, 2.05) is 61.3 Å². The van der Waals surface area contributed by atoms with Crippen molar-refractivity contribution >= 4 is 5.91 Å². The predicted molar refractivity (Wildman–Crippen MR) is 122 cm³/mol. The molecule has 1 atom stereocenters. The van der Waals surface area contributed by atoms with Crippen molar-refractivity contribution in [2.24, 2.45) is 0 Å². The molecular weight excluding hydrogens is 420 g/mol. The highest BCUT2D eigenvalue weighted by atomic mass is 16.5. The Hall–Kier alpha value is -3.23. The van der Waals surface area contributed by atoms with Gasteiger partial charge in [0.25, 0.3) is 0 Å². The van der Waals surface area contributed by atoms with E-state index in [1.165, 1.54) is 0 Å². The number of rotatable bonds is 8. The predicted octanol–water partition coefficient (Wildman–Crippen LogP) is 3.12. The highest BCUT2D eigenvalue weighted by Crippen LogP contribution is 2.20. The number of aromatic nitrogens is 2. The molecule has 0 bridgehead atoms. The lowest BCUT2D eigenvalue weighted by Crippen LogP contribution is -2.37. The van der Waals surface area contributed by atoms with Gasteiger partial charge in [-0.05, 0) is 43.2 Å². The van der Waals surface area contributed by atoms with Gasteiger partial charge in [0.15, 0.2) is 0 Å². The van der Waals surface area contributed by atoms with Gasteiger partial charge >= 0.3 is 0 Å². The number of methoxy groups -OCH3 is 1. The zero-order valence-corrected chi connectivity index (χ0v) is 19.4. The monoisotopic (exact) mass is 450 g/mol. The summed E-state index contributed by atoms with van der Waals surface area (Å²) in [4.78, 5) is 21.4. The molecule has 0 saturated carbocycles. The van der Waals surface area contributed by atoms with Gasteiger partial charge in [0.2, 0.25) is 5.91 Å². The number of ether oxygens (including phenoxy) is 2. The summed E-state index contributed by atoms with van der Waals surface area (Å²) < 4.78 is 16.9. The maximum absolute atomic E-state index is 13.2. The number of benzene rings is 1. The molecule has 4 rings (SSSR count). The zero-order chi connectivity index (χ0) is 23.2. The molecule has 0 aliphatic carbocycles. The Labute approximate surface area is 194 Å². The first-order chi connectivity index (χ1) is 16.0. The number of carbonyl (C=O) groups excluding carboxylic acids is 1. The van der Waals surface area contributed by atoms with Gasteiger partial charge in [-0.2, -0.15) is 0 Å². The second kappa shape index (κ2) is 10.6. The molecule has 0 radical (unpaired) electrons. The van der Waals surface area contributed by atoms with Gasteiger partial charge < -0.3 is 18.9 Å². The van der Waals surface area contributed by atoms with Crippen LogP contribution in [0.4, 0.5) is 0 Å². The third-order valence-corrected chi connectivity index (χ3v) is 5.88. The molecule has 2 aromatic heterocycles. The second-order valence-electron chi connectivity index (χ2n) is 8.39. The zero-order valence-electron chi connectivity index (χ0n) is 19.4. The minimum atomic E-state index is -0.160. The number of amides is 1. The van der Waals surface area contributed by atoms with Crippen LogP contribution in [0.1, 0.15) is 28.1 Å². The number of hydrogen-bond acceptors (Lipinski definition) is 7. The van der Waals surface area contributed by atoms with E-state index < -0.39 is 0 Å². The highest BCUT2D eigenvalue weighted by molar-refractivity contribution is 5.78. The van der Waals surface area contributed by atoms with Gasteiger partial charge in [0, 0.05) is 44.1 Å². The lowest BCUT2D eigenvalue weighted by molar-refractivity contribution is -0.132. The molecule has 3 aromatic rings. The van der Waals surface area contributed by atoms with Crippen LogP contribution in [-0.2, 0) is 29.2 Å². The first-order valence-electron chi connectivity index (χ1n) is 11.1. The van der Waals surface area contributed by atoms with Crippen LogP contribution < -0.4 is 4.74 Å². The third kappa shape index (κ3) is 5.97. The Bertz CT molecular complexity index is 1050. The number of carbonyl (C=O) groups is 1. The van der Waals surface area contributed by atoms with E-state index >= 15 is 0 Å². The van der Waals surface area contributed by atoms with E-state index in [2.05, 4.69) is 15.0 Å². The van der Waals surface area contributed by atoms with Crippen LogP contribution in [0.5, 0.6) is 5.75 Å². The van der Waals surface area contributed by atoms with Gasteiger partial charge in [-0.1, -0.05) is 23.4 Å². The van der Waals surface area contributed by atoms with Crippen LogP contribution in [0.15, 0.2) is 53.3 Å². The maximum Gasteiger partial charge on any atom is 0.237 e. The van der Waals surface area contributed by atoms with E-state index in [0.717, 1.165) is 33.9 Å². The number of aryl methyl sites for hydroxylation is 2. The fourth-order valence-corrected chi connectivity index (χ4v) is 4.08. The molecule has 1 aliphatic heterocycles. The van der Waals surface area contributed by atoms with Gasteiger partial charge in [-0.15, -0.1) is 0 Å². The Morgan fingerprint density at radius 3 is 2.70 bits per heavy atom. The molecule has 8 heteroatoms. The van der Waals surface area contributed by atoms with Crippen LogP contribution in [0, 0.1) is 13.8 Å². The van der Waals surface area contributed by atoms with Crippen LogP contribution in [0.25, 0.3) is 0 Å². The SMILES string of the molecule is COc1cccc(CN2CC(OCc3c(C)noc3C)CN(Cc3cccnc3)CC2=O)c1. The first-order valence-corrected chi connectivity index (χ1v) is 11.1. The molecule has 0 spiro atoms. The Morgan fingerprint density at radius 1 is 1.12 bits per heavy atom. The second-order valence-corrected chi connectivity index (χ2v) is 8.39. The van der Waals surface area contributed by atoms with E-state index in [0.29, 0.717) is 39.3 Å². The largest absolute Gasteiger partial charge is 0.497 e. The Morgan fingerprint density at radius 2 is 1.97 bits per heavy atom. The van der Waals surface area contributed by atoms with Crippen molar-refractivity contribution in [2.45, 2.75) is 39.6 Å². The van der Waals surface area contributed by atoms with Gasteiger partial charge in [0.1, 0.15) is 11.5 Å². The minimum absolute atomic E-state index is 0.0742. The molecule has 3 heterocycles. The summed E-state index contributed by atoms with van der Waals surface area (Å²) in [7, 11) is 1.64. The fraction of sp³-hybridized carbons (Fsp3) is 0.400.